The van der Waals surface area contributed by atoms with Crippen molar-refractivity contribution in [3.63, 3.8) is 0 Å². The number of carbonyl (C=O) groups excluding carboxylic acids is 1. The molecule has 0 fully saturated rings. The number of nitrogens with one attached hydrogen (secondary N) is 1. The van der Waals surface area contributed by atoms with Crippen LogP contribution in [0.3, 0.4) is 0 Å². The maximum Gasteiger partial charge on any atom is 0.261 e. The van der Waals surface area contributed by atoms with Gasteiger partial charge in [0, 0.05) is 36.5 Å². The van der Waals surface area contributed by atoms with E-state index in [0.717, 1.165) is 0 Å². The summed E-state index contributed by atoms with van der Waals surface area (Å²) in [5, 5.41) is 2.72. The molecule has 118 valence electrons. The van der Waals surface area contributed by atoms with E-state index in [9.17, 15) is 13.2 Å². The second-order valence-electron chi connectivity index (χ2n) is 4.28. The molecule has 6 nitrogen and oxygen atoms in total. The van der Waals surface area contributed by atoms with Crippen LogP contribution in [0.15, 0.2) is 23.1 Å². The van der Waals surface area contributed by atoms with Crippen molar-refractivity contribution in [2.45, 2.75) is 17.7 Å². The summed E-state index contributed by atoms with van der Waals surface area (Å²) in [5.41, 5.74) is 0.462. The molecule has 0 spiro atoms. The number of ether oxygens (including phenoxy) is 2. The Labute approximate surface area is 128 Å². The highest BCUT2D eigenvalue weighted by Gasteiger charge is 2.15. The van der Waals surface area contributed by atoms with Crippen molar-refractivity contribution in [2.75, 3.05) is 27.4 Å². The molecule has 0 saturated heterocycles. The van der Waals surface area contributed by atoms with Crippen LogP contribution in [0.4, 0.5) is 0 Å². The zero-order chi connectivity index (χ0) is 15.9. The largest absolute Gasteiger partial charge is 0.496 e. The van der Waals surface area contributed by atoms with Crippen LogP contribution in [0.2, 0.25) is 0 Å². The van der Waals surface area contributed by atoms with Crippen molar-refractivity contribution in [3.8, 4) is 5.75 Å². The number of amides is 1. The summed E-state index contributed by atoms with van der Waals surface area (Å²) in [5.74, 6) is 0.208. The minimum Gasteiger partial charge on any atom is -0.496 e. The Balaban J connectivity index is 2.78. The number of benzene rings is 1. The molecule has 0 heterocycles. The van der Waals surface area contributed by atoms with Gasteiger partial charge in [-0.3, -0.25) is 4.79 Å². The fraction of sp³-hybridized carbons (Fsp3) is 0.462. The molecule has 1 N–H and O–H groups in total. The van der Waals surface area contributed by atoms with E-state index >= 15 is 0 Å². The first kappa shape index (κ1) is 17.7. The molecule has 1 aromatic carbocycles. The van der Waals surface area contributed by atoms with E-state index < -0.39 is 9.05 Å². The van der Waals surface area contributed by atoms with Gasteiger partial charge in [0.1, 0.15) is 5.75 Å². The smallest absolute Gasteiger partial charge is 0.261 e. The normalized spacial score (nSPS) is 11.2. The average molecular weight is 336 g/mol. The molecule has 21 heavy (non-hydrogen) atoms. The van der Waals surface area contributed by atoms with Crippen molar-refractivity contribution in [1.29, 1.82) is 0 Å². The van der Waals surface area contributed by atoms with E-state index in [0.29, 0.717) is 30.9 Å². The lowest BCUT2D eigenvalue weighted by Gasteiger charge is -2.10. The summed E-state index contributed by atoms with van der Waals surface area (Å²) in [6.07, 6.45) is 0.714. The highest BCUT2D eigenvalue weighted by atomic mass is 35.7. The van der Waals surface area contributed by atoms with Crippen LogP contribution < -0.4 is 10.1 Å². The topological polar surface area (TPSA) is 81.7 Å². The van der Waals surface area contributed by atoms with Gasteiger partial charge in [-0.15, -0.1) is 0 Å². The molecule has 0 saturated carbocycles. The highest BCUT2D eigenvalue weighted by Crippen LogP contribution is 2.24. The third-order valence-corrected chi connectivity index (χ3v) is 4.08. The zero-order valence-corrected chi connectivity index (χ0v) is 13.5. The van der Waals surface area contributed by atoms with E-state index in [4.69, 9.17) is 20.2 Å². The van der Waals surface area contributed by atoms with Crippen LogP contribution in [0.1, 0.15) is 12.0 Å². The van der Waals surface area contributed by atoms with Gasteiger partial charge in [-0.1, -0.05) is 0 Å². The van der Waals surface area contributed by atoms with Crippen molar-refractivity contribution in [3.05, 3.63) is 23.8 Å². The van der Waals surface area contributed by atoms with E-state index in [2.05, 4.69) is 5.32 Å². The Morgan fingerprint density at radius 3 is 2.62 bits per heavy atom. The minimum atomic E-state index is -3.84. The average Bonchev–Trinajstić information content (AvgIpc) is 2.42. The molecule has 0 aromatic heterocycles. The van der Waals surface area contributed by atoms with Crippen LogP contribution in [-0.4, -0.2) is 41.7 Å². The molecule has 8 heteroatoms. The van der Waals surface area contributed by atoms with Crippen LogP contribution >= 0.6 is 10.7 Å². The van der Waals surface area contributed by atoms with Crippen LogP contribution in [-0.2, 0) is 25.0 Å². The summed E-state index contributed by atoms with van der Waals surface area (Å²) in [6.45, 7) is 1.05. The molecular weight excluding hydrogens is 318 g/mol. The van der Waals surface area contributed by atoms with Crippen molar-refractivity contribution < 1.29 is 22.7 Å². The molecule has 0 bridgehead atoms. The Bertz CT molecular complexity index is 588. The Kier molecular flexibility index (Phi) is 6.94. The maximum absolute atomic E-state index is 11.8. The first-order chi connectivity index (χ1) is 9.88. The molecular formula is C13H18ClNO5S. The Hall–Kier alpha value is -1.31. The molecule has 1 aromatic rings. The lowest BCUT2D eigenvalue weighted by atomic mass is 10.1. The predicted molar refractivity (Wildman–Crippen MR) is 79.2 cm³/mol. The number of hydrogen-bond donors (Lipinski definition) is 1. The van der Waals surface area contributed by atoms with Gasteiger partial charge in [-0.2, -0.15) is 0 Å². The lowest BCUT2D eigenvalue weighted by Crippen LogP contribution is -2.27. The van der Waals surface area contributed by atoms with Crippen LogP contribution in [0, 0.1) is 0 Å². The number of methoxy groups -OCH3 is 2. The maximum atomic E-state index is 11.8. The van der Waals surface area contributed by atoms with Gasteiger partial charge in [0.15, 0.2) is 0 Å². The van der Waals surface area contributed by atoms with Gasteiger partial charge in [-0.05, 0) is 24.6 Å². The second-order valence-corrected chi connectivity index (χ2v) is 6.85. The lowest BCUT2D eigenvalue weighted by molar-refractivity contribution is -0.120. The third-order valence-electron chi connectivity index (χ3n) is 2.73. The van der Waals surface area contributed by atoms with E-state index in [1.165, 1.54) is 25.3 Å². The fourth-order valence-corrected chi connectivity index (χ4v) is 2.53. The predicted octanol–water partition coefficient (Wildman–Crippen LogP) is 1.32. The van der Waals surface area contributed by atoms with E-state index in [1.807, 2.05) is 0 Å². The van der Waals surface area contributed by atoms with Gasteiger partial charge >= 0.3 is 0 Å². The molecule has 0 radical (unpaired) electrons. The molecule has 1 amide bonds. The molecule has 0 aliphatic rings. The summed E-state index contributed by atoms with van der Waals surface area (Å²) < 4.78 is 32.6. The second kappa shape index (κ2) is 8.21. The van der Waals surface area contributed by atoms with Gasteiger partial charge in [0.25, 0.3) is 9.05 Å². The van der Waals surface area contributed by atoms with E-state index in [1.54, 1.807) is 7.11 Å². The quantitative estimate of drug-likeness (QED) is 0.572. The molecule has 0 unspecified atom stereocenters. The van der Waals surface area contributed by atoms with Crippen molar-refractivity contribution in [2.24, 2.45) is 0 Å². The van der Waals surface area contributed by atoms with Gasteiger partial charge < -0.3 is 14.8 Å². The molecule has 0 aliphatic heterocycles. The SMILES string of the molecule is COCCCNC(=O)Cc1cc(S(=O)(=O)Cl)ccc1OC. The Morgan fingerprint density at radius 1 is 1.33 bits per heavy atom. The highest BCUT2D eigenvalue weighted by molar-refractivity contribution is 8.13. The van der Waals surface area contributed by atoms with Gasteiger partial charge in [0.2, 0.25) is 5.91 Å². The minimum absolute atomic E-state index is 0.0103. The van der Waals surface area contributed by atoms with Gasteiger partial charge in [-0.25, -0.2) is 8.42 Å². The van der Waals surface area contributed by atoms with Crippen molar-refractivity contribution >= 4 is 25.6 Å². The third kappa shape index (κ3) is 5.91. The van der Waals surface area contributed by atoms with Gasteiger partial charge in [0.05, 0.1) is 18.4 Å². The molecule has 0 aliphatic carbocycles. The monoisotopic (exact) mass is 335 g/mol. The zero-order valence-electron chi connectivity index (χ0n) is 11.9. The first-order valence-corrected chi connectivity index (χ1v) is 8.56. The number of halogens is 1. The summed E-state index contributed by atoms with van der Waals surface area (Å²) in [7, 11) is 4.49. The number of hydrogen-bond acceptors (Lipinski definition) is 5. The fourth-order valence-electron chi connectivity index (χ4n) is 1.72. The van der Waals surface area contributed by atoms with Crippen LogP contribution in [0.25, 0.3) is 0 Å². The number of rotatable bonds is 8. The first-order valence-electron chi connectivity index (χ1n) is 6.25. The number of carbonyl (C=O) groups is 1. The van der Waals surface area contributed by atoms with Crippen molar-refractivity contribution in [1.82, 2.24) is 5.32 Å². The standard InChI is InChI=1S/C13H18ClNO5S/c1-19-7-3-6-15-13(16)9-10-8-11(21(14,17)18)4-5-12(10)20-2/h4-5,8H,3,6-7,9H2,1-2H3,(H,15,16). The van der Waals surface area contributed by atoms with Crippen LogP contribution in [0.5, 0.6) is 5.75 Å². The Morgan fingerprint density at radius 2 is 2.05 bits per heavy atom. The summed E-state index contributed by atoms with van der Waals surface area (Å²) in [4.78, 5) is 11.8. The van der Waals surface area contributed by atoms with E-state index in [-0.39, 0.29) is 17.2 Å². The summed E-state index contributed by atoms with van der Waals surface area (Å²) >= 11 is 0. The molecule has 0 atom stereocenters. The summed E-state index contributed by atoms with van der Waals surface area (Å²) in [6, 6.07) is 4.15. The molecule has 1 rings (SSSR count).